The van der Waals surface area contributed by atoms with Crippen molar-refractivity contribution < 1.29 is 22.8 Å². The maximum absolute atomic E-state index is 14.0. The lowest BCUT2D eigenvalue weighted by atomic mass is 9.86. The maximum atomic E-state index is 14.0. The predicted molar refractivity (Wildman–Crippen MR) is 105 cm³/mol. The van der Waals surface area contributed by atoms with Crippen LogP contribution < -0.4 is 5.32 Å². The van der Waals surface area contributed by atoms with Gasteiger partial charge in [-0.05, 0) is 29.3 Å². The molecule has 10 heteroatoms. The highest BCUT2D eigenvalue weighted by molar-refractivity contribution is 6.34. The third-order valence-electron chi connectivity index (χ3n) is 4.41. The molecule has 4 nitrogen and oxygen atoms in total. The minimum Gasteiger partial charge on any atom is -0.374 e. The SMILES string of the molecule is O=C(CCl)NCc1ccc(C2=NOC(c3cc(Cl)cc(Cl)c3)(C(F)(F)F)C2)cc1. The topological polar surface area (TPSA) is 50.7 Å². The Morgan fingerprint density at radius 2 is 1.76 bits per heavy atom. The minimum atomic E-state index is -4.75. The third kappa shape index (κ3) is 4.63. The molecule has 0 spiro atoms. The largest absolute Gasteiger partial charge is 0.435 e. The average molecular weight is 466 g/mol. The van der Waals surface area contributed by atoms with Gasteiger partial charge in [-0.25, -0.2) is 0 Å². The molecule has 1 N–H and O–H groups in total. The van der Waals surface area contributed by atoms with Gasteiger partial charge in [0.2, 0.25) is 5.91 Å². The van der Waals surface area contributed by atoms with Crippen LogP contribution in [0, 0.1) is 0 Å². The Kier molecular flexibility index (Phi) is 6.31. The number of hydrogen-bond acceptors (Lipinski definition) is 3. The van der Waals surface area contributed by atoms with Crippen LogP contribution in [0.1, 0.15) is 23.1 Å². The molecule has 0 fully saturated rings. The van der Waals surface area contributed by atoms with Crippen LogP contribution in [-0.4, -0.2) is 23.7 Å². The monoisotopic (exact) mass is 464 g/mol. The van der Waals surface area contributed by atoms with Crippen molar-refractivity contribution in [3.63, 3.8) is 0 Å². The first kappa shape index (κ1) is 21.7. The second kappa shape index (κ2) is 8.42. The number of hydrogen-bond donors (Lipinski definition) is 1. The van der Waals surface area contributed by atoms with Crippen molar-refractivity contribution in [2.75, 3.05) is 5.88 Å². The Labute approximate surface area is 179 Å². The standard InChI is InChI=1S/C19H14Cl3F3N2O2/c20-9-17(28)26-10-11-1-3-12(4-2-11)16-8-18(29-27-16,19(23,24)25)13-5-14(21)7-15(22)6-13/h1-7H,8-10H2,(H,26,28). The first-order valence-electron chi connectivity index (χ1n) is 8.35. The molecule has 154 valence electrons. The molecule has 0 radical (unpaired) electrons. The Morgan fingerprint density at radius 3 is 2.31 bits per heavy atom. The average Bonchev–Trinajstić information content (AvgIpc) is 3.12. The molecular weight excluding hydrogens is 452 g/mol. The number of nitrogens with one attached hydrogen (secondary N) is 1. The Morgan fingerprint density at radius 1 is 1.14 bits per heavy atom. The van der Waals surface area contributed by atoms with E-state index in [2.05, 4.69) is 10.5 Å². The van der Waals surface area contributed by atoms with E-state index in [1.54, 1.807) is 24.3 Å². The van der Waals surface area contributed by atoms with Crippen molar-refractivity contribution >= 4 is 46.4 Å². The summed E-state index contributed by atoms with van der Waals surface area (Å²) in [6, 6.07) is 10.3. The fraction of sp³-hybridized carbons (Fsp3) is 0.263. The van der Waals surface area contributed by atoms with Crippen LogP contribution in [0.25, 0.3) is 0 Å². The number of nitrogens with zero attached hydrogens (tertiary/aromatic N) is 1. The van der Waals surface area contributed by atoms with Gasteiger partial charge in [0, 0.05) is 28.6 Å². The molecule has 29 heavy (non-hydrogen) atoms. The lowest BCUT2D eigenvalue weighted by molar-refractivity contribution is -0.275. The summed E-state index contributed by atoms with van der Waals surface area (Å²) in [5.41, 5.74) is -1.53. The second-order valence-electron chi connectivity index (χ2n) is 6.40. The van der Waals surface area contributed by atoms with E-state index in [1.807, 2.05) is 0 Å². The van der Waals surface area contributed by atoms with Gasteiger partial charge in [-0.1, -0.05) is 52.6 Å². The lowest BCUT2D eigenvalue weighted by Crippen LogP contribution is -2.42. The van der Waals surface area contributed by atoms with Gasteiger partial charge in [0.25, 0.3) is 5.60 Å². The zero-order chi connectivity index (χ0) is 21.2. The number of halogens is 6. The highest BCUT2D eigenvalue weighted by Gasteiger charge is 2.62. The van der Waals surface area contributed by atoms with Gasteiger partial charge in [-0.2, -0.15) is 13.2 Å². The summed E-state index contributed by atoms with van der Waals surface area (Å²) < 4.78 is 42.0. The molecule has 0 saturated carbocycles. The van der Waals surface area contributed by atoms with Crippen LogP contribution in [0.2, 0.25) is 10.0 Å². The molecule has 1 heterocycles. The van der Waals surface area contributed by atoms with Gasteiger partial charge in [-0.15, -0.1) is 11.6 Å². The summed E-state index contributed by atoms with van der Waals surface area (Å²) in [6.07, 6.45) is -5.28. The Balaban J connectivity index is 1.84. The molecule has 3 rings (SSSR count). The molecule has 2 aromatic rings. The molecule has 0 aliphatic carbocycles. The van der Waals surface area contributed by atoms with Crippen molar-refractivity contribution in [3.8, 4) is 0 Å². The highest BCUT2D eigenvalue weighted by atomic mass is 35.5. The zero-order valence-electron chi connectivity index (χ0n) is 14.7. The smallest absolute Gasteiger partial charge is 0.374 e. The zero-order valence-corrected chi connectivity index (χ0v) is 17.0. The summed E-state index contributed by atoms with van der Waals surface area (Å²) in [7, 11) is 0. The van der Waals surface area contributed by atoms with Crippen molar-refractivity contribution in [2.24, 2.45) is 5.16 Å². The number of benzene rings is 2. The molecule has 1 aliphatic rings. The van der Waals surface area contributed by atoms with Crippen LogP contribution in [0.4, 0.5) is 13.2 Å². The molecule has 1 aliphatic heterocycles. The van der Waals surface area contributed by atoms with E-state index < -0.39 is 18.2 Å². The first-order chi connectivity index (χ1) is 13.6. The number of amides is 1. The van der Waals surface area contributed by atoms with Crippen LogP contribution >= 0.6 is 34.8 Å². The van der Waals surface area contributed by atoms with Crippen molar-refractivity contribution in [2.45, 2.75) is 24.7 Å². The molecule has 1 amide bonds. The Hall–Kier alpha value is -1.96. The Bertz CT molecular complexity index is 928. The van der Waals surface area contributed by atoms with E-state index >= 15 is 0 Å². The van der Waals surface area contributed by atoms with E-state index in [4.69, 9.17) is 39.6 Å². The van der Waals surface area contributed by atoms with Gasteiger partial charge in [0.15, 0.2) is 0 Å². The highest BCUT2D eigenvalue weighted by Crippen LogP contribution is 2.49. The lowest BCUT2D eigenvalue weighted by Gasteiger charge is -2.29. The van der Waals surface area contributed by atoms with E-state index in [9.17, 15) is 18.0 Å². The second-order valence-corrected chi connectivity index (χ2v) is 7.54. The summed E-state index contributed by atoms with van der Waals surface area (Å²) in [6.45, 7) is 0.252. The van der Waals surface area contributed by atoms with Gasteiger partial charge >= 0.3 is 6.18 Å². The summed E-state index contributed by atoms with van der Waals surface area (Å²) >= 11 is 17.2. The van der Waals surface area contributed by atoms with Gasteiger partial charge in [0.1, 0.15) is 5.88 Å². The van der Waals surface area contributed by atoms with E-state index in [1.165, 1.54) is 18.2 Å². The number of rotatable bonds is 5. The molecule has 0 bridgehead atoms. The van der Waals surface area contributed by atoms with E-state index in [-0.39, 0.29) is 39.7 Å². The summed E-state index contributed by atoms with van der Waals surface area (Å²) in [4.78, 5) is 16.2. The molecule has 0 aromatic heterocycles. The van der Waals surface area contributed by atoms with E-state index in [0.29, 0.717) is 5.56 Å². The van der Waals surface area contributed by atoms with Gasteiger partial charge in [0.05, 0.1) is 5.71 Å². The normalized spacial score (nSPS) is 18.9. The van der Waals surface area contributed by atoms with Crippen molar-refractivity contribution in [1.29, 1.82) is 0 Å². The fourth-order valence-electron chi connectivity index (χ4n) is 2.91. The molecule has 1 atom stereocenters. The van der Waals surface area contributed by atoms with Crippen LogP contribution in [0.15, 0.2) is 47.6 Å². The number of oxime groups is 1. The number of carbonyl (C=O) groups excluding carboxylic acids is 1. The summed E-state index contributed by atoms with van der Waals surface area (Å²) in [5, 5.41) is 6.44. The van der Waals surface area contributed by atoms with Gasteiger partial charge < -0.3 is 10.2 Å². The van der Waals surface area contributed by atoms with Crippen molar-refractivity contribution in [1.82, 2.24) is 5.32 Å². The van der Waals surface area contributed by atoms with Gasteiger partial charge in [-0.3, -0.25) is 4.79 Å². The van der Waals surface area contributed by atoms with Crippen LogP contribution in [0.5, 0.6) is 0 Å². The number of carbonyl (C=O) groups is 1. The maximum Gasteiger partial charge on any atom is 0.435 e. The number of alkyl halides is 4. The quantitative estimate of drug-likeness (QED) is 0.599. The molecule has 1 unspecified atom stereocenters. The first-order valence-corrected chi connectivity index (χ1v) is 9.64. The summed E-state index contributed by atoms with van der Waals surface area (Å²) in [5.74, 6) is -0.473. The molecule has 0 saturated heterocycles. The van der Waals surface area contributed by atoms with Crippen LogP contribution in [0.3, 0.4) is 0 Å². The fourth-order valence-corrected chi connectivity index (χ4v) is 3.53. The minimum absolute atomic E-state index is 0.0662. The van der Waals surface area contributed by atoms with Crippen molar-refractivity contribution in [3.05, 3.63) is 69.2 Å². The third-order valence-corrected chi connectivity index (χ3v) is 5.09. The predicted octanol–water partition coefficient (Wildman–Crippen LogP) is 5.43. The van der Waals surface area contributed by atoms with Crippen LogP contribution in [-0.2, 0) is 21.8 Å². The molecular formula is C19H14Cl3F3N2O2. The van der Waals surface area contributed by atoms with E-state index in [0.717, 1.165) is 5.56 Å². The molecule has 2 aromatic carbocycles.